The molecule has 0 aromatic heterocycles. The molecule has 0 unspecified atom stereocenters. The van der Waals surface area contributed by atoms with Crippen LogP contribution in [-0.4, -0.2) is 47.1 Å². The van der Waals surface area contributed by atoms with Gasteiger partial charge in [-0.3, -0.25) is 20.1 Å². The van der Waals surface area contributed by atoms with Crippen molar-refractivity contribution < 1.29 is 19.6 Å². The first-order valence-corrected chi connectivity index (χ1v) is 10.9. The van der Waals surface area contributed by atoms with Gasteiger partial charge in [0.25, 0.3) is 11.8 Å². The third-order valence-electron chi connectivity index (χ3n) is 4.96. The first-order valence-electron chi connectivity index (χ1n) is 10.9. The molecule has 0 saturated heterocycles. The SMILES string of the molecule is C=N/C(CN(Cc1ccc(/C=C/C(=O)NO)cc1)C(=O)NC(=O)c1ccccc1)=N\c1ccccc1. The lowest BCUT2D eigenvalue weighted by Crippen LogP contribution is -2.44. The molecule has 4 amide bonds. The second-order valence-electron chi connectivity index (χ2n) is 7.55. The van der Waals surface area contributed by atoms with E-state index in [0.717, 1.165) is 11.1 Å². The number of para-hydroxylation sites is 1. The summed E-state index contributed by atoms with van der Waals surface area (Å²) in [5.41, 5.74) is 4.02. The van der Waals surface area contributed by atoms with Crippen molar-refractivity contribution in [3.05, 3.63) is 108 Å². The lowest BCUT2D eigenvalue weighted by Gasteiger charge is -2.22. The number of rotatable bonds is 8. The minimum atomic E-state index is -0.646. The van der Waals surface area contributed by atoms with Crippen LogP contribution >= 0.6 is 0 Å². The van der Waals surface area contributed by atoms with E-state index in [9.17, 15) is 14.4 Å². The van der Waals surface area contributed by atoms with E-state index in [1.165, 1.54) is 22.5 Å². The number of amidine groups is 1. The van der Waals surface area contributed by atoms with E-state index < -0.39 is 17.8 Å². The Morgan fingerprint density at radius 1 is 0.917 bits per heavy atom. The zero-order valence-corrected chi connectivity index (χ0v) is 19.4. The fourth-order valence-corrected chi connectivity index (χ4v) is 3.14. The summed E-state index contributed by atoms with van der Waals surface area (Å²) in [6, 6.07) is 24.0. The molecule has 0 fully saturated rings. The van der Waals surface area contributed by atoms with E-state index in [-0.39, 0.29) is 13.1 Å². The van der Waals surface area contributed by atoms with E-state index in [1.54, 1.807) is 66.7 Å². The highest BCUT2D eigenvalue weighted by atomic mass is 16.5. The number of hydrogen-bond donors (Lipinski definition) is 3. The molecular weight excluding hydrogens is 458 g/mol. The van der Waals surface area contributed by atoms with Crippen molar-refractivity contribution in [3.8, 4) is 0 Å². The Balaban J connectivity index is 1.81. The fraction of sp³-hybridized carbons (Fsp3) is 0.0741. The Morgan fingerprint density at radius 3 is 2.17 bits per heavy atom. The smallest absolute Gasteiger partial charge is 0.313 e. The van der Waals surface area contributed by atoms with Crippen molar-refractivity contribution in [1.82, 2.24) is 15.7 Å². The maximum atomic E-state index is 13.1. The molecule has 3 N–H and O–H groups in total. The molecule has 0 bridgehead atoms. The molecule has 0 saturated carbocycles. The van der Waals surface area contributed by atoms with Gasteiger partial charge < -0.3 is 4.90 Å². The van der Waals surface area contributed by atoms with Gasteiger partial charge in [0.15, 0.2) is 0 Å². The molecule has 0 radical (unpaired) electrons. The molecule has 0 heterocycles. The summed E-state index contributed by atoms with van der Waals surface area (Å²) in [6.45, 7) is 3.73. The predicted molar refractivity (Wildman–Crippen MR) is 138 cm³/mol. The van der Waals surface area contributed by atoms with Crippen LogP contribution in [0.3, 0.4) is 0 Å². The molecular formula is C27H25N5O4. The second-order valence-corrected chi connectivity index (χ2v) is 7.55. The topological polar surface area (TPSA) is 123 Å². The number of carbonyl (C=O) groups excluding carboxylic acids is 3. The third-order valence-corrected chi connectivity index (χ3v) is 4.96. The number of hydroxylamine groups is 1. The number of carbonyl (C=O) groups is 3. The standard InChI is InChI=1S/C27H25N5O4/c1-28-24(29-23-10-6-3-7-11-23)19-32(27(35)30-26(34)22-8-4-2-5-9-22)18-21-14-12-20(13-15-21)16-17-25(33)31-36/h2-17,36H,1,18-19H2,(H,31,33)(H,30,34,35)/b17-16+,29-24-. The normalized spacial score (nSPS) is 11.1. The van der Waals surface area contributed by atoms with Gasteiger partial charge in [-0.05, 0) is 48.2 Å². The van der Waals surface area contributed by atoms with Gasteiger partial charge in [-0.25, -0.2) is 20.3 Å². The van der Waals surface area contributed by atoms with E-state index in [1.807, 2.05) is 18.2 Å². The Bertz CT molecular complexity index is 1260. The van der Waals surface area contributed by atoms with Gasteiger partial charge in [-0.15, -0.1) is 0 Å². The Hall–Kier alpha value is -4.89. The minimum Gasteiger partial charge on any atom is -0.313 e. The number of nitrogens with zero attached hydrogens (tertiary/aromatic N) is 3. The van der Waals surface area contributed by atoms with Crippen LogP contribution in [0.1, 0.15) is 21.5 Å². The van der Waals surface area contributed by atoms with Crippen LogP contribution in [-0.2, 0) is 11.3 Å². The summed E-state index contributed by atoms with van der Waals surface area (Å²) in [6.07, 6.45) is 2.72. The van der Waals surface area contributed by atoms with E-state index in [2.05, 4.69) is 22.0 Å². The van der Waals surface area contributed by atoms with Crippen LogP contribution in [0.2, 0.25) is 0 Å². The molecule has 3 aromatic rings. The van der Waals surface area contributed by atoms with Crippen molar-refractivity contribution in [1.29, 1.82) is 0 Å². The average molecular weight is 484 g/mol. The lowest BCUT2D eigenvalue weighted by atomic mass is 10.1. The van der Waals surface area contributed by atoms with Crippen LogP contribution in [0.25, 0.3) is 6.08 Å². The quantitative estimate of drug-likeness (QED) is 0.147. The summed E-state index contributed by atoms with van der Waals surface area (Å²) < 4.78 is 0. The summed E-state index contributed by atoms with van der Waals surface area (Å²) in [7, 11) is 0. The number of aliphatic imine (C=N–C) groups is 2. The highest BCUT2D eigenvalue weighted by Crippen LogP contribution is 2.13. The van der Waals surface area contributed by atoms with Crippen LogP contribution in [0, 0.1) is 0 Å². The molecule has 0 aliphatic rings. The van der Waals surface area contributed by atoms with Gasteiger partial charge in [0.2, 0.25) is 0 Å². The summed E-state index contributed by atoms with van der Waals surface area (Å²) in [4.78, 5) is 46.7. The van der Waals surface area contributed by atoms with Gasteiger partial charge in [-0.1, -0.05) is 60.7 Å². The first-order chi connectivity index (χ1) is 17.5. The zero-order chi connectivity index (χ0) is 25.8. The van der Waals surface area contributed by atoms with Crippen LogP contribution < -0.4 is 10.8 Å². The Kier molecular flexibility index (Phi) is 9.37. The van der Waals surface area contributed by atoms with Gasteiger partial charge in [-0.2, -0.15) is 0 Å². The van der Waals surface area contributed by atoms with Gasteiger partial charge in [0.05, 0.1) is 12.2 Å². The predicted octanol–water partition coefficient (Wildman–Crippen LogP) is 3.99. The van der Waals surface area contributed by atoms with Crippen LogP contribution in [0.5, 0.6) is 0 Å². The Labute approximate surface area is 208 Å². The van der Waals surface area contributed by atoms with Crippen molar-refractivity contribution in [2.24, 2.45) is 9.98 Å². The number of benzene rings is 3. The first kappa shape index (κ1) is 25.7. The summed E-state index contributed by atoms with van der Waals surface area (Å²) in [5, 5.41) is 11.0. The summed E-state index contributed by atoms with van der Waals surface area (Å²) in [5.74, 6) is -0.869. The summed E-state index contributed by atoms with van der Waals surface area (Å²) >= 11 is 0. The molecule has 0 atom stereocenters. The monoisotopic (exact) mass is 483 g/mol. The molecule has 3 aromatic carbocycles. The molecule has 3 rings (SSSR count). The van der Waals surface area contributed by atoms with Crippen molar-refractivity contribution >= 4 is 42.2 Å². The molecule has 0 aliphatic heterocycles. The number of nitrogens with one attached hydrogen (secondary N) is 2. The largest absolute Gasteiger partial charge is 0.325 e. The lowest BCUT2D eigenvalue weighted by molar-refractivity contribution is -0.124. The van der Waals surface area contributed by atoms with E-state index in [0.29, 0.717) is 17.1 Å². The third kappa shape index (κ3) is 7.86. The molecule has 9 nitrogen and oxygen atoms in total. The minimum absolute atomic E-state index is 0.00459. The van der Waals surface area contributed by atoms with E-state index in [4.69, 9.17) is 5.21 Å². The molecule has 182 valence electrons. The number of amides is 4. The van der Waals surface area contributed by atoms with Crippen molar-refractivity contribution in [3.63, 3.8) is 0 Å². The molecule has 0 aliphatic carbocycles. The van der Waals surface area contributed by atoms with Gasteiger partial charge >= 0.3 is 6.03 Å². The van der Waals surface area contributed by atoms with E-state index >= 15 is 0 Å². The molecule has 0 spiro atoms. The number of urea groups is 1. The van der Waals surface area contributed by atoms with Crippen LogP contribution in [0.4, 0.5) is 10.5 Å². The fourth-order valence-electron chi connectivity index (χ4n) is 3.14. The van der Waals surface area contributed by atoms with Crippen LogP contribution in [0.15, 0.2) is 101 Å². The highest BCUT2D eigenvalue weighted by molar-refractivity contribution is 6.05. The average Bonchev–Trinajstić information content (AvgIpc) is 2.92. The highest BCUT2D eigenvalue weighted by Gasteiger charge is 2.19. The van der Waals surface area contributed by atoms with Gasteiger partial charge in [0, 0.05) is 18.2 Å². The number of hydrogen-bond acceptors (Lipinski definition) is 5. The van der Waals surface area contributed by atoms with Gasteiger partial charge in [0.1, 0.15) is 5.84 Å². The molecule has 9 heteroatoms. The molecule has 36 heavy (non-hydrogen) atoms. The Morgan fingerprint density at radius 2 is 1.56 bits per heavy atom. The second kappa shape index (κ2) is 13.1. The van der Waals surface area contributed by atoms with Crippen molar-refractivity contribution in [2.75, 3.05) is 6.54 Å². The zero-order valence-electron chi connectivity index (χ0n) is 19.4. The maximum absolute atomic E-state index is 13.1. The van der Waals surface area contributed by atoms with Crippen molar-refractivity contribution in [2.45, 2.75) is 6.54 Å². The number of imide groups is 1. The maximum Gasteiger partial charge on any atom is 0.325 e.